The standard InChI is InChI=1S/C21H26O4/c1-4-5-6-13-21(2,3)15-7-9-16(10-8-15)25-17-11-12-18(20(23)24)19(22)14-17/h7-12,14,22H,4-6,13H2,1-3H3,(H,23,24). The van der Waals surface area contributed by atoms with Crippen LogP contribution in [0.25, 0.3) is 0 Å². The van der Waals surface area contributed by atoms with Crippen molar-refractivity contribution < 1.29 is 19.7 Å². The predicted molar refractivity (Wildman–Crippen MR) is 98.8 cm³/mol. The maximum atomic E-state index is 10.9. The molecule has 4 nitrogen and oxygen atoms in total. The van der Waals surface area contributed by atoms with Crippen LogP contribution in [0.5, 0.6) is 17.2 Å². The summed E-state index contributed by atoms with van der Waals surface area (Å²) in [5.41, 5.74) is 1.24. The Labute approximate surface area is 149 Å². The molecule has 0 fully saturated rings. The summed E-state index contributed by atoms with van der Waals surface area (Å²) < 4.78 is 5.71. The highest BCUT2D eigenvalue weighted by Crippen LogP contribution is 2.32. The number of aromatic carboxylic acids is 1. The van der Waals surface area contributed by atoms with Gasteiger partial charge in [0.05, 0.1) is 0 Å². The molecular formula is C21H26O4. The average Bonchev–Trinajstić information content (AvgIpc) is 2.55. The molecule has 0 amide bonds. The van der Waals surface area contributed by atoms with Crippen LogP contribution in [-0.2, 0) is 5.41 Å². The molecule has 2 aromatic rings. The van der Waals surface area contributed by atoms with Crippen molar-refractivity contribution >= 4 is 5.97 Å². The number of carboxylic acids is 1. The van der Waals surface area contributed by atoms with E-state index in [0.29, 0.717) is 11.5 Å². The number of rotatable bonds is 8. The van der Waals surface area contributed by atoms with E-state index in [1.807, 2.05) is 12.1 Å². The molecule has 0 spiro atoms. The van der Waals surface area contributed by atoms with Crippen LogP contribution in [0.1, 0.15) is 62.4 Å². The molecule has 0 aromatic heterocycles. The van der Waals surface area contributed by atoms with E-state index in [4.69, 9.17) is 9.84 Å². The minimum absolute atomic E-state index is 0.120. The Balaban J connectivity index is 2.07. The summed E-state index contributed by atoms with van der Waals surface area (Å²) >= 11 is 0. The van der Waals surface area contributed by atoms with Gasteiger partial charge < -0.3 is 14.9 Å². The molecule has 0 radical (unpaired) electrons. The van der Waals surface area contributed by atoms with E-state index in [1.54, 1.807) is 0 Å². The highest BCUT2D eigenvalue weighted by molar-refractivity contribution is 5.90. The second kappa shape index (κ2) is 8.06. The van der Waals surface area contributed by atoms with Gasteiger partial charge in [-0.2, -0.15) is 0 Å². The van der Waals surface area contributed by atoms with E-state index in [1.165, 1.54) is 43.0 Å². The Morgan fingerprint density at radius 2 is 1.68 bits per heavy atom. The van der Waals surface area contributed by atoms with Crippen LogP contribution in [0.4, 0.5) is 0 Å². The van der Waals surface area contributed by atoms with E-state index < -0.39 is 5.97 Å². The summed E-state index contributed by atoms with van der Waals surface area (Å²) in [6.45, 7) is 6.71. The number of carbonyl (C=O) groups is 1. The first-order chi connectivity index (χ1) is 11.8. The number of unbranched alkanes of at least 4 members (excludes halogenated alkanes) is 2. The average molecular weight is 342 g/mol. The number of hydrogen-bond acceptors (Lipinski definition) is 3. The monoisotopic (exact) mass is 342 g/mol. The molecule has 0 aliphatic carbocycles. The predicted octanol–water partition coefficient (Wildman–Crippen LogP) is 5.74. The van der Waals surface area contributed by atoms with Gasteiger partial charge in [-0.3, -0.25) is 0 Å². The van der Waals surface area contributed by atoms with Crippen molar-refractivity contribution in [3.8, 4) is 17.2 Å². The summed E-state index contributed by atoms with van der Waals surface area (Å²) in [4.78, 5) is 10.9. The van der Waals surface area contributed by atoms with Gasteiger partial charge in [0.25, 0.3) is 0 Å². The quantitative estimate of drug-likeness (QED) is 0.600. The molecule has 4 heteroatoms. The van der Waals surface area contributed by atoms with Crippen LogP contribution in [0.15, 0.2) is 42.5 Å². The third-order valence-electron chi connectivity index (χ3n) is 4.48. The second-order valence-electron chi connectivity index (χ2n) is 6.95. The van der Waals surface area contributed by atoms with E-state index in [9.17, 15) is 9.90 Å². The molecule has 0 unspecified atom stereocenters. The van der Waals surface area contributed by atoms with Crippen LogP contribution in [0.3, 0.4) is 0 Å². The molecule has 134 valence electrons. The van der Waals surface area contributed by atoms with Crippen molar-refractivity contribution in [2.75, 3.05) is 0 Å². The first-order valence-electron chi connectivity index (χ1n) is 8.68. The molecule has 0 aliphatic rings. The summed E-state index contributed by atoms with van der Waals surface area (Å²) in [7, 11) is 0. The Morgan fingerprint density at radius 1 is 1.04 bits per heavy atom. The summed E-state index contributed by atoms with van der Waals surface area (Å²) in [5.74, 6) is -0.426. The molecular weight excluding hydrogens is 316 g/mol. The summed E-state index contributed by atoms with van der Waals surface area (Å²) in [5, 5.41) is 18.7. The molecule has 2 rings (SSSR count). The molecule has 0 heterocycles. The molecule has 0 saturated heterocycles. The Hall–Kier alpha value is -2.49. The first-order valence-corrected chi connectivity index (χ1v) is 8.68. The van der Waals surface area contributed by atoms with Crippen LogP contribution < -0.4 is 4.74 Å². The molecule has 25 heavy (non-hydrogen) atoms. The van der Waals surface area contributed by atoms with Crippen molar-refractivity contribution in [3.05, 3.63) is 53.6 Å². The van der Waals surface area contributed by atoms with Gasteiger partial charge in [-0.15, -0.1) is 0 Å². The number of aromatic hydroxyl groups is 1. The maximum absolute atomic E-state index is 10.9. The zero-order valence-electron chi connectivity index (χ0n) is 15.1. The van der Waals surface area contributed by atoms with Crippen molar-refractivity contribution in [2.24, 2.45) is 0 Å². The topological polar surface area (TPSA) is 66.8 Å². The second-order valence-corrected chi connectivity index (χ2v) is 6.95. The third-order valence-corrected chi connectivity index (χ3v) is 4.48. The smallest absolute Gasteiger partial charge is 0.339 e. The van der Waals surface area contributed by atoms with Crippen LogP contribution in [-0.4, -0.2) is 16.2 Å². The lowest BCUT2D eigenvalue weighted by Gasteiger charge is -2.25. The molecule has 0 atom stereocenters. The Bertz CT molecular complexity index is 717. The molecule has 0 bridgehead atoms. The molecule has 2 N–H and O–H groups in total. The number of hydrogen-bond donors (Lipinski definition) is 2. The Kier molecular flexibility index (Phi) is 6.07. The van der Waals surface area contributed by atoms with E-state index in [2.05, 4.69) is 32.9 Å². The van der Waals surface area contributed by atoms with Gasteiger partial charge >= 0.3 is 5.97 Å². The number of ether oxygens (including phenoxy) is 1. The Morgan fingerprint density at radius 3 is 2.24 bits per heavy atom. The SMILES string of the molecule is CCCCCC(C)(C)c1ccc(Oc2ccc(C(=O)O)c(O)c2)cc1. The van der Waals surface area contributed by atoms with Gasteiger partial charge in [0.2, 0.25) is 0 Å². The highest BCUT2D eigenvalue weighted by atomic mass is 16.5. The number of benzene rings is 2. The number of phenols is 1. The highest BCUT2D eigenvalue weighted by Gasteiger charge is 2.20. The lowest BCUT2D eigenvalue weighted by atomic mass is 9.80. The summed E-state index contributed by atoms with van der Waals surface area (Å²) in [6.07, 6.45) is 4.83. The minimum atomic E-state index is -1.17. The van der Waals surface area contributed by atoms with Gasteiger partial charge in [0.15, 0.2) is 0 Å². The van der Waals surface area contributed by atoms with E-state index in [-0.39, 0.29) is 16.7 Å². The minimum Gasteiger partial charge on any atom is -0.507 e. The van der Waals surface area contributed by atoms with Crippen molar-refractivity contribution in [2.45, 2.75) is 51.9 Å². The van der Waals surface area contributed by atoms with Crippen LogP contribution in [0.2, 0.25) is 0 Å². The summed E-state index contributed by atoms with van der Waals surface area (Å²) in [6, 6.07) is 12.1. The van der Waals surface area contributed by atoms with Gasteiger partial charge in [-0.05, 0) is 41.7 Å². The third kappa shape index (κ3) is 4.99. The van der Waals surface area contributed by atoms with E-state index in [0.717, 1.165) is 6.42 Å². The fourth-order valence-corrected chi connectivity index (χ4v) is 2.83. The van der Waals surface area contributed by atoms with Gasteiger partial charge in [-0.1, -0.05) is 52.2 Å². The zero-order valence-corrected chi connectivity index (χ0v) is 15.1. The van der Waals surface area contributed by atoms with Crippen molar-refractivity contribution in [3.63, 3.8) is 0 Å². The largest absolute Gasteiger partial charge is 0.507 e. The molecule has 2 aromatic carbocycles. The zero-order chi connectivity index (χ0) is 18.4. The van der Waals surface area contributed by atoms with E-state index >= 15 is 0 Å². The van der Waals surface area contributed by atoms with Gasteiger partial charge in [0.1, 0.15) is 22.8 Å². The lowest BCUT2D eigenvalue weighted by molar-refractivity contribution is 0.0693. The van der Waals surface area contributed by atoms with Crippen molar-refractivity contribution in [1.29, 1.82) is 0 Å². The van der Waals surface area contributed by atoms with Crippen molar-refractivity contribution in [1.82, 2.24) is 0 Å². The lowest BCUT2D eigenvalue weighted by Crippen LogP contribution is -2.16. The fourth-order valence-electron chi connectivity index (χ4n) is 2.83. The van der Waals surface area contributed by atoms with Crippen LogP contribution in [0, 0.1) is 0 Å². The van der Waals surface area contributed by atoms with Crippen LogP contribution >= 0.6 is 0 Å². The first kappa shape index (κ1) is 18.8. The maximum Gasteiger partial charge on any atom is 0.339 e. The number of carboxylic acid groups (broad SMARTS) is 1. The van der Waals surface area contributed by atoms with Gasteiger partial charge in [-0.25, -0.2) is 4.79 Å². The fraction of sp³-hybridized carbons (Fsp3) is 0.381. The molecule has 0 saturated carbocycles. The normalized spacial score (nSPS) is 11.3. The van der Waals surface area contributed by atoms with Gasteiger partial charge in [0, 0.05) is 6.07 Å². The molecule has 0 aliphatic heterocycles.